The minimum atomic E-state index is -0.302. The van der Waals surface area contributed by atoms with E-state index in [0.717, 1.165) is 5.56 Å². The van der Waals surface area contributed by atoms with Crippen molar-refractivity contribution in [3.05, 3.63) is 53.8 Å². The van der Waals surface area contributed by atoms with Crippen molar-refractivity contribution in [2.45, 2.75) is 6.54 Å². The number of aromatic amines is 1. The van der Waals surface area contributed by atoms with Gasteiger partial charge in [0.25, 0.3) is 0 Å². The van der Waals surface area contributed by atoms with E-state index in [0.29, 0.717) is 23.5 Å². The Morgan fingerprint density at radius 1 is 1.21 bits per heavy atom. The summed E-state index contributed by atoms with van der Waals surface area (Å²) in [6.07, 6.45) is 0. The molecular formula is C14H12FN3O. The van der Waals surface area contributed by atoms with Crippen LogP contribution in [0.15, 0.2) is 42.5 Å². The predicted octanol–water partition coefficient (Wildman–Crippen LogP) is 3.02. The second-order valence-corrected chi connectivity index (χ2v) is 4.23. The number of aromatic hydroxyl groups is 1. The number of nitrogens with zero attached hydrogens (tertiary/aromatic N) is 1. The first-order valence-corrected chi connectivity index (χ1v) is 5.88. The van der Waals surface area contributed by atoms with E-state index in [1.165, 1.54) is 12.1 Å². The molecule has 0 radical (unpaired) electrons. The Labute approximate surface area is 108 Å². The first-order chi connectivity index (χ1) is 9.22. The molecule has 1 aromatic heterocycles. The van der Waals surface area contributed by atoms with Crippen molar-refractivity contribution >= 4 is 17.0 Å². The van der Waals surface area contributed by atoms with Gasteiger partial charge in [0.15, 0.2) is 0 Å². The van der Waals surface area contributed by atoms with E-state index < -0.39 is 0 Å². The van der Waals surface area contributed by atoms with Crippen LogP contribution in [0.25, 0.3) is 11.0 Å². The van der Waals surface area contributed by atoms with Crippen molar-refractivity contribution in [1.29, 1.82) is 0 Å². The van der Waals surface area contributed by atoms with E-state index in [9.17, 15) is 9.50 Å². The van der Waals surface area contributed by atoms with Crippen molar-refractivity contribution in [2.24, 2.45) is 0 Å². The normalized spacial score (nSPS) is 10.8. The predicted molar refractivity (Wildman–Crippen MR) is 71.5 cm³/mol. The summed E-state index contributed by atoms with van der Waals surface area (Å²) in [5, 5.41) is 12.7. The molecule has 0 amide bonds. The van der Waals surface area contributed by atoms with Crippen molar-refractivity contribution in [3.8, 4) is 5.75 Å². The molecule has 2 aromatic carbocycles. The molecular weight excluding hydrogens is 245 g/mol. The zero-order valence-corrected chi connectivity index (χ0v) is 10.0. The van der Waals surface area contributed by atoms with E-state index in [1.54, 1.807) is 18.2 Å². The second kappa shape index (κ2) is 4.61. The summed E-state index contributed by atoms with van der Waals surface area (Å²) in [6, 6.07) is 11.5. The summed E-state index contributed by atoms with van der Waals surface area (Å²) < 4.78 is 13.0. The Morgan fingerprint density at radius 2 is 2.05 bits per heavy atom. The third-order valence-electron chi connectivity index (χ3n) is 2.88. The van der Waals surface area contributed by atoms with Gasteiger partial charge >= 0.3 is 0 Å². The molecule has 3 N–H and O–H groups in total. The molecule has 4 nitrogen and oxygen atoms in total. The van der Waals surface area contributed by atoms with Gasteiger partial charge in [-0.05, 0) is 24.3 Å². The smallest absolute Gasteiger partial charge is 0.201 e. The maximum absolute atomic E-state index is 13.0. The Bertz CT molecular complexity index is 724. The van der Waals surface area contributed by atoms with Crippen LogP contribution in [0.4, 0.5) is 10.3 Å². The van der Waals surface area contributed by atoms with Gasteiger partial charge in [0.05, 0.1) is 11.0 Å². The molecule has 0 aliphatic carbocycles. The summed E-state index contributed by atoms with van der Waals surface area (Å²) in [6.45, 7) is 0.439. The number of halogens is 1. The van der Waals surface area contributed by atoms with Gasteiger partial charge in [-0.25, -0.2) is 9.37 Å². The SMILES string of the molecule is Oc1ccccc1CNc1nc2ccc(F)cc2[nH]1. The van der Waals surface area contributed by atoms with Crippen molar-refractivity contribution in [1.82, 2.24) is 9.97 Å². The number of rotatable bonds is 3. The van der Waals surface area contributed by atoms with Gasteiger partial charge in [-0.1, -0.05) is 18.2 Å². The van der Waals surface area contributed by atoms with Gasteiger partial charge in [0.2, 0.25) is 5.95 Å². The van der Waals surface area contributed by atoms with E-state index in [1.807, 2.05) is 12.1 Å². The highest BCUT2D eigenvalue weighted by atomic mass is 19.1. The fraction of sp³-hybridized carbons (Fsp3) is 0.0714. The maximum Gasteiger partial charge on any atom is 0.201 e. The van der Waals surface area contributed by atoms with E-state index in [2.05, 4.69) is 15.3 Å². The largest absolute Gasteiger partial charge is 0.508 e. The van der Waals surface area contributed by atoms with Crippen LogP contribution >= 0.6 is 0 Å². The highest BCUT2D eigenvalue weighted by Gasteiger charge is 2.04. The lowest BCUT2D eigenvalue weighted by atomic mass is 10.2. The number of phenolic OH excluding ortho intramolecular Hbond substituents is 1. The zero-order valence-electron chi connectivity index (χ0n) is 10.0. The molecule has 0 spiro atoms. The molecule has 1 heterocycles. The van der Waals surface area contributed by atoms with Crippen LogP contribution < -0.4 is 5.32 Å². The lowest BCUT2D eigenvalue weighted by molar-refractivity contribution is 0.469. The first-order valence-electron chi connectivity index (χ1n) is 5.88. The highest BCUT2D eigenvalue weighted by Crippen LogP contribution is 2.19. The number of imidazole rings is 1. The number of H-pyrrole nitrogens is 1. The standard InChI is InChI=1S/C14H12FN3O/c15-10-5-6-11-12(7-10)18-14(17-11)16-8-9-3-1-2-4-13(9)19/h1-7,19H,8H2,(H2,16,17,18). The fourth-order valence-electron chi connectivity index (χ4n) is 1.90. The minimum absolute atomic E-state index is 0.233. The van der Waals surface area contributed by atoms with Gasteiger partial charge in [-0.15, -0.1) is 0 Å². The second-order valence-electron chi connectivity index (χ2n) is 4.23. The number of benzene rings is 2. The number of nitrogens with one attached hydrogen (secondary N) is 2. The molecule has 0 unspecified atom stereocenters. The van der Waals surface area contributed by atoms with Crippen LogP contribution in [0.1, 0.15) is 5.56 Å². The van der Waals surface area contributed by atoms with E-state index in [4.69, 9.17) is 0 Å². The molecule has 0 atom stereocenters. The lowest BCUT2D eigenvalue weighted by Gasteiger charge is -2.04. The average Bonchev–Trinajstić information content (AvgIpc) is 2.79. The number of hydrogen-bond acceptors (Lipinski definition) is 3. The Hall–Kier alpha value is -2.56. The molecule has 0 aliphatic heterocycles. The van der Waals surface area contributed by atoms with Crippen molar-refractivity contribution in [3.63, 3.8) is 0 Å². The lowest BCUT2D eigenvalue weighted by Crippen LogP contribution is -2.00. The van der Waals surface area contributed by atoms with Gasteiger partial charge < -0.3 is 15.4 Å². The van der Waals surface area contributed by atoms with E-state index in [-0.39, 0.29) is 11.6 Å². The number of anilines is 1. The summed E-state index contributed by atoms with van der Waals surface area (Å²) >= 11 is 0. The number of hydrogen-bond donors (Lipinski definition) is 3. The van der Waals surface area contributed by atoms with Crippen LogP contribution in [-0.4, -0.2) is 15.1 Å². The van der Waals surface area contributed by atoms with Crippen molar-refractivity contribution < 1.29 is 9.50 Å². The van der Waals surface area contributed by atoms with Gasteiger partial charge in [-0.2, -0.15) is 0 Å². The van der Waals surface area contributed by atoms with Crippen molar-refractivity contribution in [2.75, 3.05) is 5.32 Å². The van der Waals surface area contributed by atoms with Crippen LogP contribution in [0.3, 0.4) is 0 Å². The van der Waals surface area contributed by atoms with Crippen LogP contribution in [0.5, 0.6) is 5.75 Å². The first kappa shape index (κ1) is 11.5. The van der Waals surface area contributed by atoms with Gasteiger partial charge in [0.1, 0.15) is 11.6 Å². The molecule has 96 valence electrons. The van der Waals surface area contributed by atoms with Crippen LogP contribution in [0.2, 0.25) is 0 Å². The monoisotopic (exact) mass is 257 g/mol. The quantitative estimate of drug-likeness (QED) is 0.676. The summed E-state index contributed by atoms with van der Waals surface area (Å²) in [5.74, 6) is 0.476. The van der Waals surface area contributed by atoms with Crippen LogP contribution in [-0.2, 0) is 6.54 Å². The minimum Gasteiger partial charge on any atom is -0.508 e. The van der Waals surface area contributed by atoms with E-state index >= 15 is 0 Å². The Kier molecular flexibility index (Phi) is 2.79. The number of fused-ring (bicyclic) bond motifs is 1. The number of aromatic nitrogens is 2. The molecule has 0 saturated heterocycles. The number of phenols is 1. The maximum atomic E-state index is 13.0. The summed E-state index contributed by atoms with van der Waals surface area (Å²) in [7, 11) is 0. The van der Waals surface area contributed by atoms with Gasteiger partial charge in [-0.3, -0.25) is 0 Å². The molecule has 3 rings (SSSR count). The molecule has 3 aromatic rings. The molecule has 5 heteroatoms. The topological polar surface area (TPSA) is 60.9 Å². The summed E-state index contributed by atoms with van der Waals surface area (Å²) in [4.78, 5) is 7.27. The molecule has 19 heavy (non-hydrogen) atoms. The molecule has 0 bridgehead atoms. The van der Waals surface area contributed by atoms with Gasteiger partial charge in [0, 0.05) is 12.1 Å². The zero-order chi connectivity index (χ0) is 13.2. The van der Waals surface area contributed by atoms with Crippen LogP contribution in [0, 0.1) is 5.82 Å². The molecule has 0 fully saturated rings. The highest BCUT2D eigenvalue weighted by molar-refractivity contribution is 5.77. The third-order valence-corrected chi connectivity index (χ3v) is 2.88. The average molecular weight is 257 g/mol. The molecule has 0 saturated carbocycles. The Morgan fingerprint density at radius 3 is 2.89 bits per heavy atom. The summed E-state index contributed by atoms with van der Waals surface area (Å²) in [5.41, 5.74) is 2.11. The third kappa shape index (κ3) is 2.35. The Balaban J connectivity index is 1.80. The number of para-hydroxylation sites is 1. The molecule has 0 aliphatic rings. The fourth-order valence-corrected chi connectivity index (χ4v) is 1.90.